The Morgan fingerprint density at radius 2 is 2.05 bits per heavy atom. The summed E-state index contributed by atoms with van der Waals surface area (Å²) in [6, 6.07) is 0. The van der Waals surface area contributed by atoms with E-state index in [-0.39, 0.29) is 16.9 Å². The predicted molar refractivity (Wildman–Crippen MR) is 86.8 cm³/mol. The molecule has 0 atom stereocenters. The summed E-state index contributed by atoms with van der Waals surface area (Å²) in [4.78, 5) is 21.1. The van der Waals surface area contributed by atoms with Crippen LogP contribution in [0.25, 0.3) is 0 Å². The average Bonchev–Trinajstić information content (AvgIpc) is 2.83. The molecule has 5 nitrogen and oxygen atoms in total. The van der Waals surface area contributed by atoms with Crippen molar-refractivity contribution in [3.63, 3.8) is 0 Å². The molecule has 0 aromatic carbocycles. The molecular formula is C17H29N3O2. The summed E-state index contributed by atoms with van der Waals surface area (Å²) in [5.41, 5.74) is -0.161. The monoisotopic (exact) mass is 307 g/mol. The second kappa shape index (κ2) is 6.03. The number of carbonyl (C=O) groups is 1. The Hall–Kier alpha value is -1.36. The van der Waals surface area contributed by atoms with Gasteiger partial charge in [-0.05, 0) is 20.9 Å². The highest BCUT2D eigenvalue weighted by Crippen LogP contribution is 2.24. The van der Waals surface area contributed by atoms with Crippen LogP contribution in [0, 0.1) is 0 Å². The molecular weight excluding hydrogens is 278 g/mol. The molecule has 1 aliphatic heterocycles. The summed E-state index contributed by atoms with van der Waals surface area (Å²) in [6.07, 6.45) is 2.80. The summed E-state index contributed by atoms with van der Waals surface area (Å²) in [5.74, 6) is 1.72. The molecule has 1 saturated heterocycles. The third-order valence-corrected chi connectivity index (χ3v) is 4.24. The van der Waals surface area contributed by atoms with Gasteiger partial charge in [-0.3, -0.25) is 4.79 Å². The highest BCUT2D eigenvalue weighted by atomic mass is 16.4. The number of piperazine rings is 1. The lowest BCUT2D eigenvalue weighted by atomic mass is 9.94. The first-order valence-electron chi connectivity index (χ1n) is 8.04. The van der Waals surface area contributed by atoms with Gasteiger partial charge in [0.1, 0.15) is 5.76 Å². The second-order valence-electron chi connectivity index (χ2n) is 7.96. The van der Waals surface area contributed by atoms with Crippen LogP contribution in [-0.4, -0.2) is 52.9 Å². The maximum absolute atomic E-state index is 12.5. The van der Waals surface area contributed by atoms with Crippen LogP contribution in [0.2, 0.25) is 0 Å². The van der Waals surface area contributed by atoms with Crippen LogP contribution >= 0.6 is 0 Å². The molecule has 0 aliphatic carbocycles. The van der Waals surface area contributed by atoms with Crippen molar-refractivity contribution in [1.29, 1.82) is 0 Å². The number of oxazole rings is 1. The summed E-state index contributed by atoms with van der Waals surface area (Å²) >= 11 is 0. The predicted octanol–water partition coefficient (Wildman–Crippen LogP) is 2.46. The molecule has 124 valence electrons. The largest absolute Gasteiger partial charge is 0.445 e. The van der Waals surface area contributed by atoms with E-state index in [0.29, 0.717) is 18.7 Å². The Morgan fingerprint density at radius 3 is 2.59 bits per heavy atom. The number of nitrogens with zero attached hydrogens (tertiary/aromatic N) is 3. The highest BCUT2D eigenvalue weighted by Gasteiger charge is 2.35. The fourth-order valence-corrected chi connectivity index (χ4v) is 2.98. The van der Waals surface area contributed by atoms with Gasteiger partial charge in [0.15, 0.2) is 5.89 Å². The van der Waals surface area contributed by atoms with Crippen molar-refractivity contribution in [3.05, 3.63) is 17.8 Å². The van der Waals surface area contributed by atoms with Crippen molar-refractivity contribution in [2.45, 2.75) is 58.4 Å². The molecule has 2 rings (SSSR count). The number of amides is 1. The number of aromatic nitrogens is 1. The average molecular weight is 307 g/mol. The van der Waals surface area contributed by atoms with Gasteiger partial charge in [0.05, 0.1) is 6.20 Å². The van der Waals surface area contributed by atoms with Crippen molar-refractivity contribution < 1.29 is 9.21 Å². The number of aryl methyl sites for hydroxylation is 1. The standard InChI is InChI=1S/C17H29N3O2/c1-16(2,3)13-11-18-14(22-13)7-8-15(21)20-10-9-19(6)12-17(20,4)5/h11H,7-10,12H2,1-6H3. The highest BCUT2D eigenvalue weighted by molar-refractivity contribution is 5.77. The van der Waals surface area contributed by atoms with E-state index < -0.39 is 0 Å². The zero-order chi connectivity index (χ0) is 16.5. The third-order valence-electron chi connectivity index (χ3n) is 4.24. The summed E-state index contributed by atoms with van der Waals surface area (Å²) in [5, 5.41) is 0. The fourth-order valence-electron chi connectivity index (χ4n) is 2.98. The molecule has 22 heavy (non-hydrogen) atoms. The molecule has 0 spiro atoms. The minimum absolute atomic E-state index is 0.0469. The van der Waals surface area contributed by atoms with E-state index in [9.17, 15) is 4.79 Å². The van der Waals surface area contributed by atoms with Gasteiger partial charge >= 0.3 is 0 Å². The first kappa shape index (κ1) is 17.0. The van der Waals surface area contributed by atoms with Crippen molar-refractivity contribution in [2.24, 2.45) is 0 Å². The lowest BCUT2D eigenvalue weighted by Gasteiger charge is -2.46. The fraction of sp³-hybridized carbons (Fsp3) is 0.765. The van der Waals surface area contributed by atoms with E-state index in [2.05, 4.69) is 51.6 Å². The molecule has 0 bridgehead atoms. The minimum Gasteiger partial charge on any atom is -0.445 e. The normalized spacial score (nSPS) is 19.5. The van der Waals surface area contributed by atoms with Crippen LogP contribution in [-0.2, 0) is 16.6 Å². The first-order chi connectivity index (χ1) is 10.1. The molecule has 1 aromatic rings. The molecule has 0 N–H and O–H groups in total. The van der Waals surface area contributed by atoms with Gasteiger partial charge in [-0.25, -0.2) is 4.98 Å². The van der Waals surface area contributed by atoms with Crippen LogP contribution < -0.4 is 0 Å². The number of carbonyl (C=O) groups excluding carboxylic acids is 1. The van der Waals surface area contributed by atoms with Crippen LogP contribution in [0.5, 0.6) is 0 Å². The van der Waals surface area contributed by atoms with Crippen LogP contribution in [0.3, 0.4) is 0 Å². The van der Waals surface area contributed by atoms with Crippen molar-refractivity contribution >= 4 is 5.91 Å². The first-order valence-corrected chi connectivity index (χ1v) is 8.04. The summed E-state index contributed by atoms with van der Waals surface area (Å²) < 4.78 is 5.76. The van der Waals surface area contributed by atoms with Crippen molar-refractivity contribution in [2.75, 3.05) is 26.7 Å². The Balaban J connectivity index is 1.94. The lowest BCUT2D eigenvalue weighted by molar-refractivity contribution is -0.140. The maximum Gasteiger partial charge on any atom is 0.223 e. The lowest BCUT2D eigenvalue weighted by Crippen LogP contribution is -2.60. The summed E-state index contributed by atoms with van der Waals surface area (Å²) in [6.45, 7) is 13.2. The number of hydrogen-bond donors (Lipinski definition) is 0. The smallest absolute Gasteiger partial charge is 0.223 e. The zero-order valence-electron chi connectivity index (χ0n) is 14.8. The van der Waals surface area contributed by atoms with Gasteiger partial charge in [-0.15, -0.1) is 0 Å². The Bertz CT molecular complexity index is 528. The maximum atomic E-state index is 12.5. The van der Waals surface area contributed by atoms with Crippen LogP contribution in [0.4, 0.5) is 0 Å². The van der Waals surface area contributed by atoms with E-state index in [1.165, 1.54) is 0 Å². The molecule has 1 aliphatic rings. The molecule has 1 aromatic heterocycles. The van der Waals surface area contributed by atoms with Gasteiger partial charge in [-0.2, -0.15) is 0 Å². The topological polar surface area (TPSA) is 49.6 Å². The number of likely N-dealkylation sites (N-methyl/N-ethyl adjacent to an activating group) is 1. The van der Waals surface area contributed by atoms with Crippen LogP contribution in [0.1, 0.15) is 52.7 Å². The summed E-state index contributed by atoms with van der Waals surface area (Å²) in [7, 11) is 2.10. The van der Waals surface area contributed by atoms with E-state index in [0.717, 1.165) is 25.4 Å². The van der Waals surface area contributed by atoms with Crippen molar-refractivity contribution in [3.8, 4) is 0 Å². The van der Waals surface area contributed by atoms with Crippen molar-refractivity contribution in [1.82, 2.24) is 14.8 Å². The van der Waals surface area contributed by atoms with E-state index >= 15 is 0 Å². The van der Waals surface area contributed by atoms with Gasteiger partial charge in [-0.1, -0.05) is 20.8 Å². The molecule has 5 heteroatoms. The molecule has 1 fully saturated rings. The molecule has 1 amide bonds. The van der Waals surface area contributed by atoms with E-state index in [4.69, 9.17) is 4.42 Å². The van der Waals surface area contributed by atoms with Gasteiger partial charge in [0.25, 0.3) is 0 Å². The van der Waals surface area contributed by atoms with Gasteiger partial charge in [0.2, 0.25) is 5.91 Å². The quantitative estimate of drug-likeness (QED) is 0.861. The van der Waals surface area contributed by atoms with Gasteiger partial charge < -0.3 is 14.2 Å². The molecule has 2 heterocycles. The second-order valence-corrected chi connectivity index (χ2v) is 7.96. The molecule has 0 unspecified atom stereocenters. The Labute approximate surface area is 133 Å². The SMILES string of the molecule is CN1CCN(C(=O)CCc2ncc(C(C)(C)C)o2)C(C)(C)C1. The van der Waals surface area contributed by atoms with E-state index in [1.807, 2.05) is 4.90 Å². The Kier molecular flexibility index (Phi) is 4.66. The Morgan fingerprint density at radius 1 is 1.36 bits per heavy atom. The zero-order valence-corrected chi connectivity index (χ0v) is 14.8. The van der Waals surface area contributed by atoms with E-state index in [1.54, 1.807) is 6.20 Å². The minimum atomic E-state index is -0.114. The number of hydrogen-bond acceptors (Lipinski definition) is 4. The third kappa shape index (κ3) is 3.88. The molecule has 0 radical (unpaired) electrons. The molecule has 0 saturated carbocycles. The van der Waals surface area contributed by atoms with Gasteiger partial charge in [0, 0.05) is 43.4 Å². The van der Waals surface area contributed by atoms with Crippen LogP contribution in [0.15, 0.2) is 10.6 Å². The number of rotatable bonds is 3.